The van der Waals surface area contributed by atoms with Gasteiger partial charge in [-0.15, -0.1) is 0 Å². The second kappa shape index (κ2) is 8.74. The van der Waals surface area contributed by atoms with Crippen LogP contribution in [0.15, 0.2) is 54.9 Å². The Morgan fingerprint density at radius 2 is 2.00 bits per heavy atom. The molecule has 0 N–H and O–H groups in total. The van der Waals surface area contributed by atoms with Crippen LogP contribution in [0.4, 0.5) is 0 Å². The number of fused-ring (bicyclic) bond motifs is 1. The Labute approximate surface area is 177 Å². The third-order valence-electron chi connectivity index (χ3n) is 5.68. The Kier molecular flexibility index (Phi) is 5.88. The van der Waals surface area contributed by atoms with E-state index in [9.17, 15) is 9.59 Å². The largest absolute Gasteiger partial charge is 0.338 e. The molecular weight excluding hydrogens is 374 g/mol. The summed E-state index contributed by atoms with van der Waals surface area (Å²) in [6, 6.07) is 13.7. The summed E-state index contributed by atoms with van der Waals surface area (Å²) in [5.41, 5.74) is 3.32. The van der Waals surface area contributed by atoms with Crippen LogP contribution in [0.5, 0.6) is 0 Å². The number of piperidine rings is 1. The van der Waals surface area contributed by atoms with Crippen LogP contribution in [-0.2, 0) is 4.79 Å². The van der Waals surface area contributed by atoms with E-state index in [-0.39, 0.29) is 17.6 Å². The third kappa shape index (κ3) is 4.40. The summed E-state index contributed by atoms with van der Waals surface area (Å²) in [5, 5.41) is 1.06. The highest BCUT2D eigenvalue weighted by Gasteiger charge is 2.29. The predicted molar refractivity (Wildman–Crippen MR) is 118 cm³/mol. The summed E-state index contributed by atoms with van der Waals surface area (Å²) < 4.78 is 0. The molecule has 0 spiro atoms. The molecule has 1 unspecified atom stereocenters. The van der Waals surface area contributed by atoms with Gasteiger partial charge in [0.2, 0.25) is 0 Å². The van der Waals surface area contributed by atoms with Crippen LogP contribution in [0.3, 0.4) is 0 Å². The van der Waals surface area contributed by atoms with E-state index < -0.39 is 0 Å². The standard InChI is InChI=1S/C25H27N3O2/c1-17(2)13-24(29)21-6-4-12-28(16-21)25(30)20-8-10-23(27-15-20)19-7-9-22-18(14-19)5-3-11-26-22/h3,5,7-11,14-15,17,21H,4,6,12-13,16H2,1-2H3. The number of Topliss-reactive ketones (excluding diaryl/α,β-unsaturated/α-hetero) is 1. The van der Waals surface area contributed by atoms with Gasteiger partial charge in [0, 0.05) is 48.8 Å². The first kappa shape index (κ1) is 20.2. The van der Waals surface area contributed by atoms with E-state index in [0.29, 0.717) is 31.0 Å². The number of nitrogens with zero attached hydrogens (tertiary/aromatic N) is 3. The molecule has 4 rings (SSSR count). The van der Waals surface area contributed by atoms with Gasteiger partial charge >= 0.3 is 0 Å². The van der Waals surface area contributed by atoms with Crippen molar-refractivity contribution in [1.82, 2.24) is 14.9 Å². The SMILES string of the molecule is CC(C)CC(=O)C1CCCN(C(=O)c2ccc(-c3ccc4ncccc4c3)nc2)C1. The number of carbonyl (C=O) groups excluding carboxylic acids is 2. The lowest BCUT2D eigenvalue weighted by Gasteiger charge is -2.32. The average molecular weight is 402 g/mol. The van der Waals surface area contributed by atoms with E-state index in [1.165, 1.54) is 0 Å². The second-order valence-corrected chi connectivity index (χ2v) is 8.50. The van der Waals surface area contributed by atoms with Gasteiger partial charge in [-0.2, -0.15) is 0 Å². The minimum Gasteiger partial charge on any atom is -0.338 e. The summed E-state index contributed by atoms with van der Waals surface area (Å²) >= 11 is 0. The molecule has 5 nitrogen and oxygen atoms in total. The van der Waals surface area contributed by atoms with E-state index in [0.717, 1.165) is 35.0 Å². The number of likely N-dealkylation sites (tertiary alicyclic amines) is 1. The van der Waals surface area contributed by atoms with Crippen molar-refractivity contribution in [1.29, 1.82) is 0 Å². The highest BCUT2D eigenvalue weighted by Crippen LogP contribution is 2.24. The van der Waals surface area contributed by atoms with Crippen molar-refractivity contribution in [2.24, 2.45) is 11.8 Å². The van der Waals surface area contributed by atoms with Crippen molar-refractivity contribution in [3.8, 4) is 11.3 Å². The Balaban J connectivity index is 1.47. The molecule has 154 valence electrons. The minimum absolute atomic E-state index is 0.0384. The maximum absolute atomic E-state index is 13.0. The molecule has 2 aromatic heterocycles. The third-order valence-corrected chi connectivity index (χ3v) is 5.68. The molecule has 1 aromatic carbocycles. The molecule has 1 aliphatic heterocycles. The first-order valence-corrected chi connectivity index (χ1v) is 10.6. The Morgan fingerprint density at radius 3 is 2.77 bits per heavy atom. The number of aromatic nitrogens is 2. The normalized spacial score (nSPS) is 16.8. The molecule has 0 bridgehead atoms. The molecular formula is C25H27N3O2. The molecule has 1 fully saturated rings. The summed E-state index contributed by atoms with van der Waals surface area (Å²) in [6.45, 7) is 5.33. The molecule has 30 heavy (non-hydrogen) atoms. The Hall–Kier alpha value is -3.08. The number of pyridine rings is 2. The Bertz CT molecular complexity index is 1060. The second-order valence-electron chi connectivity index (χ2n) is 8.50. The van der Waals surface area contributed by atoms with Gasteiger partial charge in [-0.25, -0.2) is 0 Å². The zero-order chi connectivity index (χ0) is 21.1. The minimum atomic E-state index is -0.0428. The van der Waals surface area contributed by atoms with Crippen LogP contribution < -0.4 is 0 Å². The topological polar surface area (TPSA) is 63.2 Å². The van der Waals surface area contributed by atoms with Gasteiger partial charge in [0.05, 0.1) is 16.8 Å². The van der Waals surface area contributed by atoms with Gasteiger partial charge in [-0.3, -0.25) is 19.6 Å². The molecule has 1 amide bonds. The molecule has 1 atom stereocenters. The summed E-state index contributed by atoms with van der Waals surface area (Å²) in [4.78, 5) is 36.1. The molecule has 1 aliphatic rings. The summed E-state index contributed by atoms with van der Waals surface area (Å²) in [6.07, 6.45) is 5.76. The van der Waals surface area contributed by atoms with Crippen molar-refractivity contribution in [2.45, 2.75) is 33.1 Å². The maximum Gasteiger partial charge on any atom is 0.255 e. The number of benzene rings is 1. The highest BCUT2D eigenvalue weighted by molar-refractivity contribution is 5.95. The fraction of sp³-hybridized carbons (Fsp3) is 0.360. The van der Waals surface area contributed by atoms with Gasteiger partial charge in [0.1, 0.15) is 5.78 Å². The maximum atomic E-state index is 13.0. The van der Waals surface area contributed by atoms with E-state index in [4.69, 9.17) is 0 Å². The molecule has 0 radical (unpaired) electrons. The summed E-state index contributed by atoms with van der Waals surface area (Å²) in [5.74, 6) is 0.551. The van der Waals surface area contributed by atoms with Crippen molar-refractivity contribution < 1.29 is 9.59 Å². The molecule has 0 aliphatic carbocycles. The number of ketones is 1. The lowest BCUT2D eigenvalue weighted by atomic mass is 9.89. The first-order chi connectivity index (χ1) is 14.5. The zero-order valence-corrected chi connectivity index (χ0v) is 17.5. The number of hydrogen-bond donors (Lipinski definition) is 0. The zero-order valence-electron chi connectivity index (χ0n) is 17.5. The van der Waals surface area contributed by atoms with Gasteiger partial charge in [-0.1, -0.05) is 26.0 Å². The van der Waals surface area contributed by atoms with Crippen LogP contribution in [0.1, 0.15) is 43.5 Å². The Morgan fingerprint density at radius 1 is 1.13 bits per heavy atom. The highest BCUT2D eigenvalue weighted by atomic mass is 16.2. The van der Waals surface area contributed by atoms with Crippen LogP contribution in [0, 0.1) is 11.8 Å². The fourth-order valence-electron chi connectivity index (χ4n) is 4.10. The molecule has 1 saturated heterocycles. The molecule has 0 saturated carbocycles. The van der Waals surface area contributed by atoms with Gasteiger partial charge in [0.15, 0.2) is 0 Å². The smallest absolute Gasteiger partial charge is 0.255 e. The van der Waals surface area contributed by atoms with Gasteiger partial charge < -0.3 is 4.90 Å². The number of hydrogen-bond acceptors (Lipinski definition) is 4. The number of amides is 1. The van der Waals surface area contributed by atoms with E-state index in [1.54, 1.807) is 12.4 Å². The monoisotopic (exact) mass is 401 g/mol. The van der Waals surface area contributed by atoms with Crippen molar-refractivity contribution in [2.75, 3.05) is 13.1 Å². The lowest BCUT2D eigenvalue weighted by Crippen LogP contribution is -2.42. The van der Waals surface area contributed by atoms with E-state index in [2.05, 4.69) is 29.9 Å². The molecule has 5 heteroatoms. The van der Waals surface area contributed by atoms with Crippen molar-refractivity contribution in [3.05, 3.63) is 60.4 Å². The van der Waals surface area contributed by atoms with Gasteiger partial charge in [0.25, 0.3) is 5.91 Å². The van der Waals surface area contributed by atoms with Gasteiger partial charge in [-0.05, 0) is 49.1 Å². The lowest BCUT2D eigenvalue weighted by molar-refractivity contribution is -0.124. The van der Waals surface area contributed by atoms with E-state index >= 15 is 0 Å². The van der Waals surface area contributed by atoms with E-state index in [1.807, 2.05) is 41.3 Å². The summed E-state index contributed by atoms with van der Waals surface area (Å²) in [7, 11) is 0. The van der Waals surface area contributed by atoms with Crippen molar-refractivity contribution in [3.63, 3.8) is 0 Å². The quantitative estimate of drug-likeness (QED) is 0.618. The molecule has 3 aromatic rings. The van der Waals surface area contributed by atoms with Crippen LogP contribution in [-0.4, -0.2) is 39.6 Å². The number of rotatable bonds is 5. The van der Waals surface area contributed by atoms with Crippen LogP contribution in [0.2, 0.25) is 0 Å². The number of carbonyl (C=O) groups is 2. The fourth-order valence-corrected chi connectivity index (χ4v) is 4.10. The first-order valence-electron chi connectivity index (χ1n) is 10.6. The predicted octanol–water partition coefficient (Wildman–Crippen LogP) is 4.76. The average Bonchev–Trinajstić information content (AvgIpc) is 2.78. The van der Waals surface area contributed by atoms with Crippen molar-refractivity contribution >= 4 is 22.6 Å². The van der Waals surface area contributed by atoms with Crippen LogP contribution >= 0.6 is 0 Å². The van der Waals surface area contributed by atoms with Crippen LogP contribution in [0.25, 0.3) is 22.2 Å². The molecule has 3 heterocycles.